The summed E-state index contributed by atoms with van der Waals surface area (Å²) in [7, 11) is 1.35. The van der Waals surface area contributed by atoms with Gasteiger partial charge in [-0.05, 0) is 50.2 Å². The van der Waals surface area contributed by atoms with Crippen LogP contribution in [0.15, 0.2) is 152 Å². The number of carbonyl (C=O) groups excluding carboxylic acids is 1. The van der Waals surface area contributed by atoms with Gasteiger partial charge in [-0.25, -0.2) is 19.4 Å². The second kappa shape index (κ2) is 15.0. The number of hydrogen-bond acceptors (Lipinski definition) is 8. The Labute approximate surface area is 297 Å². The van der Waals surface area contributed by atoms with Crippen LogP contribution in [0.1, 0.15) is 46.1 Å². The molecule has 0 bridgehead atoms. The molecule has 0 aliphatic rings. The van der Waals surface area contributed by atoms with Crippen LogP contribution < -0.4 is 4.90 Å². The Morgan fingerprint density at radius 1 is 0.725 bits per heavy atom. The molecule has 0 aliphatic carbocycles. The molecule has 2 heterocycles. The number of ether oxygens (including phenoxy) is 1. The fraction of sp³-hybridized carbons (Fsp3) is 0.143. The van der Waals surface area contributed by atoms with Crippen LogP contribution in [-0.4, -0.2) is 49.8 Å². The molecule has 5 aromatic carbocycles. The van der Waals surface area contributed by atoms with Crippen LogP contribution >= 0.6 is 0 Å². The Morgan fingerprint density at radius 3 is 1.86 bits per heavy atom. The first kappa shape index (κ1) is 33.0. The topological polar surface area (TPSA) is 98.9 Å². The average molecular weight is 672 g/mol. The first-order valence-corrected chi connectivity index (χ1v) is 16.9. The summed E-state index contributed by atoms with van der Waals surface area (Å²) in [5.74, 6) is 0.829. The normalized spacial score (nSPS) is 11.3. The van der Waals surface area contributed by atoms with Gasteiger partial charge in [0.25, 0.3) is 0 Å². The standard InChI is InChI=1S/C42H37N7O2/c1-3-27-48(39-28-38(41(50)51-2)43-30-44-39)29-31-23-25-32(26-24-31)36-21-13-14-22-37(36)40-45-46-47-49(40)42(33-15-7-4-8-16-33,34-17-9-5-10-18-34)35-19-11-6-12-20-35/h4-26,28,30H,3,27,29H2,1-2H3. The van der Waals surface area contributed by atoms with Gasteiger partial charge in [0, 0.05) is 24.7 Å². The van der Waals surface area contributed by atoms with E-state index in [9.17, 15) is 4.79 Å². The Bertz CT molecular complexity index is 2110. The van der Waals surface area contributed by atoms with Crippen molar-refractivity contribution in [2.75, 3.05) is 18.6 Å². The molecule has 0 saturated heterocycles. The minimum absolute atomic E-state index is 0.230. The first-order chi connectivity index (χ1) is 25.1. The van der Waals surface area contributed by atoms with Gasteiger partial charge in [-0.15, -0.1) is 5.10 Å². The zero-order valence-electron chi connectivity index (χ0n) is 28.5. The lowest BCUT2D eigenvalue weighted by molar-refractivity contribution is 0.0594. The van der Waals surface area contributed by atoms with Gasteiger partial charge in [0.1, 0.15) is 17.7 Å². The predicted octanol–water partition coefficient (Wildman–Crippen LogP) is 7.84. The van der Waals surface area contributed by atoms with E-state index >= 15 is 0 Å². The fourth-order valence-corrected chi connectivity index (χ4v) is 6.71. The Hall–Kier alpha value is -6.48. The number of anilines is 1. The van der Waals surface area contributed by atoms with Crippen molar-refractivity contribution in [2.45, 2.75) is 25.4 Å². The maximum Gasteiger partial charge on any atom is 0.356 e. The molecule has 0 unspecified atom stereocenters. The highest BCUT2D eigenvalue weighted by Gasteiger charge is 2.42. The smallest absolute Gasteiger partial charge is 0.356 e. The van der Waals surface area contributed by atoms with E-state index in [4.69, 9.17) is 15.0 Å². The summed E-state index contributed by atoms with van der Waals surface area (Å²) in [6, 6.07) is 49.7. The van der Waals surface area contributed by atoms with Crippen molar-refractivity contribution in [1.82, 2.24) is 30.2 Å². The summed E-state index contributed by atoms with van der Waals surface area (Å²) in [5, 5.41) is 13.8. The molecule has 7 aromatic rings. The van der Waals surface area contributed by atoms with E-state index in [2.05, 4.69) is 136 Å². The molecule has 2 aromatic heterocycles. The van der Waals surface area contributed by atoms with Gasteiger partial charge in [-0.1, -0.05) is 146 Å². The SMILES string of the molecule is CCCN(Cc1ccc(-c2ccccc2-c2nnnn2C(c2ccccc2)(c2ccccc2)c2ccccc2)cc1)c1cc(C(=O)OC)ncn1. The number of esters is 1. The van der Waals surface area contributed by atoms with Crippen LogP contribution in [0.4, 0.5) is 5.82 Å². The molecule has 0 fully saturated rings. The van der Waals surface area contributed by atoms with Crippen molar-refractivity contribution in [3.8, 4) is 22.5 Å². The molecule has 0 atom stereocenters. The number of carbonyl (C=O) groups is 1. The summed E-state index contributed by atoms with van der Waals surface area (Å²) >= 11 is 0. The lowest BCUT2D eigenvalue weighted by Gasteiger charge is -2.36. The molecular weight excluding hydrogens is 635 g/mol. The maximum absolute atomic E-state index is 12.1. The Kier molecular flexibility index (Phi) is 9.69. The summed E-state index contributed by atoms with van der Waals surface area (Å²) in [6.45, 7) is 3.49. The third-order valence-electron chi connectivity index (χ3n) is 9.03. The number of hydrogen-bond donors (Lipinski definition) is 0. The molecule has 252 valence electrons. The minimum atomic E-state index is -0.864. The van der Waals surface area contributed by atoms with Gasteiger partial charge in [-0.2, -0.15) is 0 Å². The van der Waals surface area contributed by atoms with E-state index in [1.54, 1.807) is 6.07 Å². The van der Waals surface area contributed by atoms with Gasteiger partial charge in [0.05, 0.1) is 7.11 Å². The monoisotopic (exact) mass is 671 g/mol. The van der Waals surface area contributed by atoms with Crippen LogP contribution in [0, 0.1) is 0 Å². The van der Waals surface area contributed by atoms with Gasteiger partial charge in [0.15, 0.2) is 11.5 Å². The van der Waals surface area contributed by atoms with Crippen molar-refractivity contribution in [3.63, 3.8) is 0 Å². The molecule has 7 rings (SSSR count). The third kappa shape index (κ3) is 6.49. The fourth-order valence-electron chi connectivity index (χ4n) is 6.71. The van der Waals surface area contributed by atoms with Gasteiger partial charge < -0.3 is 9.64 Å². The van der Waals surface area contributed by atoms with Gasteiger partial charge in [-0.3, -0.25) is 0 Å². The number of rotatable bonds is 12. The molecular formula is C42H37N7O2. The van der Waals surface area contributed by atoms with Crippen LogP contribution in [-0.2, 0) is 16.8 Å². The molecule has 51 heavy (non-hydrogen) atoms. The number of nitrogens with zero attached hydrogens (tertiary/aromatic N) is 7. The van der Waals surface area contributed by atoms with Crippen LogP contribution in [0.5, 0.6) is 0 Å². The average Bonchev–Trinajstić information content (AvgIpc) is 3.69. The molecule has 0 amide bonds. The maximum atomic E-state index is 12.1. The van der Waals surface area contributed by atoms with Crippen LogP contribution in [0.25, 0.3) is 22.5 Å². The second-order valence-electron chi connectivity index (χ2n) is 12.1. The van der Waals surface area contributed by atoms with Gasteiger partial charge >= 0.3 is 5.97 Å². The first-order valence-electron chi connectivity index (χ1n) is 16.9. The lowest BCUT2D eigenvalue weighted by atomic mass is 9.77. The van der Waals surface area contributed by atoms with Crippen molar-refractivity contribution in [2.24, 2.45) is 0 Å². The molecule has 0 N–H and O–H groups in total. The minimum Gasteiger partial charge on any atom is -0.464 e. The third-order valence-corrected chi connectivity index (χ3v) is 9.03. The van der Waals surface area contributed by atoms with Gasteiger partial charge in [0.2, 0.25) is 0 Å². The van der Waals surface area contributed by atoms with E-state index < -0.39 is 11.5 Å². The highest BCUT2D eigenvalue weighted by atomic mass is 16.5. The summed E-state index contributed by atoms with van der Waals surface area (Å²) in [5.41, 5.74) is 6.53. The largest absolute Gasteiger partial charge is 0.464 e. The zero-order chi connectivity index (χ0) is 35.0. The molecule has 0 spiro atoms. The van der Waals surface area contributed by atoms with E-state index in [0.29, 0.717) is 18.2 Å². The van der Waals surface area contributed by atoms with E-state index in [0.717, 1.165) is 51.9 Å². The van der Waals surface area contributed by atoms with E-state index in [-0.39, 0.29) is 5.69 Å². The number of aromatic nitrogens is 6. The van der Waals surface area contributed by atoms with Crippen molar-refractivity contribution < 1.29 is 9.53 Å². The van der Waals surface area contributed by atoms with Crippen molar-refractivity contribution in [1.29, 1.82) is 0 Å². The number of tetrazole rings is 1. The van der Waals surface area contributed by atoms with E-state index in [1.807, 2.05) is 35.0 Å². The zero-order valence-corrected chi connectivity index (χ0v) is 28.5. The lowest BCUT2D eigenvalue weighted by Crippen LogP contribution is -2.39. The molecule has 9 nitrogen and oxygen atoms in total. The summed E-state index contributed by atoms with van der Waals surface area (Å²) in [6.07, 6.45) is 2.31. The van der Waals surface area contributed by atoms with Crippen LogP contribution in [0.2, 0.25) is 0 Å². The number of methoxy groups -OCH3 is 1. The highest BCUT2D eigenvalue weighted by molar-refractivity contribution is 5.87. The van der Waals surface area contributed by atoms with E-state index in [1.165, 1.54) is 13.4 Å². The second-order valence-corrected chi connectivity index (χ2v) is 12.1. The Morgan fingerprint density at radius 2 is 1.29 bits per heavy atom. The highest BCUT2D eigenvalue weighted by Crippen LogP contribution is 2.43. The molecule has 0 saturated carbocycles. The number of benzene rings is 5. The predicted molar refractivity (Wildman–Crippen MR) is 198 cm³/mol. The van der Waals surface area contributed by atoms with Crippen molar-refractivity contribution in [3.05, 3.63) is 180 Å². The Balaban J connectivity index is 1.30. The molecule has 0 radical (unpaired) electrons. The van der Waals surface area contributed by atoms with Crippen LogP contribution in [0.3, 0.4) is 0 Å². The molecule has 0 aliphatic heterocycles. The summed E-state index contributed by atoms with van der Waals surface area (Å²) in [4.78, 5) is 22.8. The summed E-state index contributed by atoms with van der Waals surface area (Å²) < 4.78 is 6.84. The van der Waals surface area contributed by atoms with Crippen molar-refractivity contribution >= 4 is 11.8 Å². The molecule has 9 heteroatoms. The quantitative estimate of drug-likeness (QED) is 0.0957.